The van der Waals surface area contributed by atoms with Gasteiger partial charge < -0.3 is 5.32 Å². The summed E-state index contributed by atoms with van der Waals surface area (Å²) in [4.78, 5) is 0. The lowest BCUT2D eigenvalue weighted by atomic mass is 10.1. The second-order valence-electron chi connectivity index (χ2n) is 4.40. The molecule has 94 valence electrons. The highest BCUT2D eigenvalue weighted by molar-refractivity contribution is 5.60. The number of H-pyrrole nitrogens is 1. The zero-order chi connectivity index (χ0) is 12.8. The van der Waals surface area contributed by atoms with E-state index < -0.39 is 0 Å². The molecule has 0 saturated carbocycles. The van der Waals surface area contributed by atoms with Gasteiger partial charge in [0.2, 0.25) is 0 Å². The van der Waals surface area contributed by atoms with Gasteiger partial charge in [-0.3, -0.25) is 0 Å². The van der Waals surface area contributed by atoms with Crippen LogP contribution in [-0.4, -0.2) is 22.0 Å². The molecule has 0 aliphatic rings. The first-order valence-electron chi connectivity index (χ1n) is 6.06. The molecule has 0 fully saturated rings. The molecule has 1 aromatic carbocycles. The van der Waals surface area contributed by atoms with Gasteiger partial charge in [-0.25, -0.2) is 0 Å². The van der Waals surface area contributed by atoms with Crippen LogP contribution in [0.2, 0.25) is 0 Å². The number of nitrogens with zero attached hydrogens (tertiary/aromatic N) is 2. The maximum atomic E-state index is 4.21. The Morgan fingerprint density at radius 2 is 2.00 bits per heavy atom. The second kappa shape index (κ2) is 6.12. The SMILES string of the molecule is CC(C)=CCNCc1n[nH]nc1-c1ccccc1. The molecule has 0 aliphatic carbocycles. The van der Waals surface area contributed by atoms with Crippen molar-refractivity contribution in [2.75, 3.05) is 6.54 Å². The number of aromatic nitrogens is 3. The molecular weight excluding hydrogens is 224 g/mol. The summed E-state index contributed by atoms with van der Waals surface area (Å²) in [6.07, 6.45) is 2.16. The van der Waals surface area contributed by atoms with Gasteiger partial charge in [0.05, 0.1) is 0 Å². The van der Waals surface area contributed by atoms with Crippen LogP contribution < -0.4 is 5.32 Å². The highest BCUT2D eigenvalue weighted by Crippen LogP contribution is 2.18. The molecule has 18 heavy (non-hydrogen) atoms. The molecule has 2 aromatic rings. The Bertz CT molecular complexity index is 510. The van der Waals surface area contributed by atoms with Crippen molar-refractivity contribution in [1.82, 2.24) is 20.7 Å². The Hall–Kier alpha value is -1.94. The average Bonchev–Trinajstić information content (AvgIpc) is 2.84. The molecule has 0 unspecified atom stereocenters. The first-order chi connectivity index (χ1) is 8.77. The van der Waals surface area contributed by atoms with Crippen LogP contribution in [-0.2, 0) is 6.54 Å². The van der Waals surface area contributed by atoms with E-state index in [1.54, 1.807) is 0 Å². The fourth-order valence-corrected chi connectivity index (χ4v) is 1.67. The van der Waals surface area contributed by atoms with Crippen molar-refractivity contribution in [2.24, 2.45) is 0 Å². The van der Waals surface area contributed by atoms with Crippen LogP contribution in [0.15, 0.2) is 42.0 Å². The molecule has 4 nitrogen and oxygen atoms in total. The lowest BCUT2D eigenvalue weighted by Gasteiger charge is -2.02. The Labute approximate surface area is 107 Å². The summed E-state index contributed by atoms with van der Waals surface area (Å²) < 4.78 is 0. The molecule has 0 bridgehead atoms. The van der Waals surface area contributed by atoms with E-state index in [4.69, 9.17) is 0 Å². The minimum Gasteiger partial charge on any atom is -0.308 e. The Kier molecular flexibility index (Phi) is 4.25. The average molecular weight is 242 g/mol. The van der Waals surface area contributed by atoms with Crippen LogP contribution in [0.5, 0.6) is 0 Å². The smallest absolute Gasteiger partial charge is 0.117 e. The Morgan fingerprint density at radius 3 is 2.72 bits per heavy atom. The first-order valence-corrected chi connectivity index (χ1v) is 6.06. The molecular formula is C14H18N4. The second-order valence-corrected chi connectivity index (χ2v) is 4.40. The molecule has 0 amide bonds. The van der Waals surface area contributed by atoms with E-state index in [9.17, 15) is 0 Å². The van der Waals surface area contributed by atoms with Crippen LogP contribution in [0, 0.1) is 0 Å². The predicted molar refractivity (Wildman–Crippen MR) is 73.0 cm³/mol. The fraction of sp³-hybridized carbons (Fsp3) is 0.286. The number of aromatic amines is 1. The zero-order valence-electron chi connectivity index (χ0n) is 10.8. The summed E-state index contributed by atoms with van der Waals surface area (Å²) in [5, 5.41) is 14.4. The minimum absolute atomic E-state index is 0.713. The molecule has 0 radical (unpaired) electrons. The van der Waals surface area contributed by atoms with Crippen molar-refractivity contribution >= 4 is 0 Å². The molecule has 2 N–H and O–H groups in total. The number of hydrogen-bond acceptors (Lipinski definition) is 3. The van der Waals surface area contributed by atoms with Crippen LogP contribution in [0.3, 0.4) is 0 Å². The first kappa shape index (κ1) is 12.5. The van der Waals surface area contributed by atoms with E-state index in [-0.39, 0.29) is 0 Å². The number of nitrogens with one attached hydrogen (secondary N) is 2. The predicted octanol–water partition coefficient (Wildman–Crippen LogP) is 2.53. The lowest BCUT2D eigenvalue weighted by Crippen LogP contribution is -2.14. The van der Waals surface area contributed by atoms with Crippen LogP contribution in [0.1, 0.15) is 19.5 Å². The largest absolute Gasteiger partial charge is 0.308 e. The molecule has 0 aliphatic heterocycles. The third-order valence-corrected chi connectivity index (χ3v) is 2.61. The van der Waals surface area contributed by atoms with E-state index in [1.165, 1.54) is 5.57 Å². The van der Waals surface area contributed by atoms with Crippen LogP contribution >= 0.6 is 0 Å². The third-order valence-electron chi connectivity index (χ3n) is 2.61. The Balaban J connectivity index is 2.03. The van der Waals surface area contributed by atoms with Gasteiger partial charge in [0, 0.05) is 18.7 Å². The molecule has 0 saturated heterocycles. The van der Waals surface area contributed by atoms with Crippen LogP contribution in [0.4, 0.5) is 0 Å². The summed E-state index contributed by atoms with van der Waals surface area (Å²) in [5.41, 5.74) is 4.26. The van der Waals surface area contributed by atoms with Gasteiger partial charge in [0.1, 0.15) is 11.4 Å². The van der Waals surface area contributed by atoms with Gasteiger partial charge in [-0.05, 0) is 13.8 Å². The summed E-state index contributed by atoms with van der Waals surface area (Å²) in [6.45, 7) is 5.74. The van der Waals surface area contributed by atoms with Crippen molar-refractivity contribution in [3.8, 4) is 11.3 Å². The molecule has 1 aromatic heterocycles. The topological polar surface area (TPSA) is 53.6 Å². The van der Waals surface area contributed by atoms with Crippen LogP contribution in [0.25, 0.3) is 11.3 Å². The monoisotopic (exact) mass is 242 g/mol. The van der Waals surface area contributed by atoms with Gasteiger partial charge in [0.25, 0.3) is 0 Å². The van der Waals surface area contributed by atoms with Gasteiger partial charge in [-0.15, -0.1) is 0 Å². The number of rotatable bonds is 5. The lowest BCUT2D eigenvalue weighted by molar-refractivity contribution is 0.733. The standard InChI is InChI=1S/C14H18N4/c1-11(2)8-9-15-10-13-14(17-18-16-13)12-6-4-3-5-7-12/h3-8,15H,9-10H2,1-2H3,(H,16,17,18). The van der Waals surface area contributed by atoms with Crippen molar-refractivity contribution in [3.05, 3.63) is 47.7 Å². The number of allylic oxidation sites excluding steroid dienone is 1. The van der Waals surface area contributed by atoms with E-state index >= 15 is 0 Å². The zero-order valence-corrected chi connectivity index (χ0v) is 10.8. The fourth-order valence-electron chi connectivity index (χ4n) is 1.67. The summed E-state index contributed by atoms with van der Waals surface area (Å²) in [5.74, 6) is 0. The molecule has 2 rings (SSSR count). The van der Waals surface area contributed by atoms with Gasteiger partial charge in [-0.1, -0.05) is 42.0 Å². The number of hydrogen-bond donors (Lipinski definition) is 2. The Morgan fingerprint density at radius 1 is 1.22 bits per heavy atom. The van der Waals surface area contributed by atoms with Gasteiger partial charge in [-0.2, -0.15) is 15.4 Å². The molecule has 0 spiro atoms. The highest BCUT2D eigenvalue weighted by Gasteiger charge is 2.08. The van der Waals surface area contributed by atoms with Crippen molar-refractivity contribution in [3.63, 3.8) is 0 Å². The summed E-state index contributed by atoms with van der Waals surface area (Å²) in [6, 6.07) is 10.1. The van der Waals surface area contributed by atoms with Crippen molar-refractivity contribution in [2.45, 2.75) is 20.4 Å². The summed E-state index contributed by atoms with van der Waals surface area (Å²) in [7, 11) is 0. The minimum atomic E-state index is 0.713. The van der Waals surface area contributed by atoms with Crippen molar-refractivity contribution < 1.29 is 0 Å². The van der Waals surface area contributed by atoms with Crippen molar-refractivity contribution in [1.29, 1.82) is 0 Å². The van der Waals surface area contributed by atoms with E-state index in [1.807, 2.05) is 30.3 Å². The van der Waals surface area contributed by atoms with Gasteiger partial charge >= 0.3 is 0 Å². The maximum Gasteiger partial charge on any atom is 0.117 e. The van der Waals surface area contributed by atoms with E-state index in [0.29, 0.717) is 6.54 Å². The third kappa shape index (κ3) is 3.28. The normalized spacial score (nSPS) is 10.3. The van der Waals surface area contributed by atoms with Gasteiger partial charge in [0.15, 0.2) is 0 Å². The number of benzene rings is 1. The molecule has 0 atom stereocenters. The quantitative estimate of drug-likeness (QED) is 0.625. The molecule has 4 heteroatoms. The molecule has 1 heterocycles. The summed E-state index contributed by atoms with van der Waals surface area (Å²) >= 11 is 0. The maximum absolute atomic E-state index is 4.21. The highest BCUT2D eigenvalue weighted by atomic mass is 15.3. The van der Waals surface area contributed by atoms with E-state index in [2.05, 4.69) is 40.7 Å². The van der Waals surface area contributed by atoms with E-state index in [0.717, 1.165) is 23.5 Å².